The van der Waals surface area contributed by atoms with Crippen LogP contribution in [0.25, 0.3) is 0 Å². The normalized spacial score (nSPS) is 10.4. The molecule has 148 valence electrons. The van der Waals surface area contributed by atoms with E-state index in [1.165, 1.54) is 0 Å². The van der Waals surface area contributed by atoms with Crippen molar-refractivity contribution in [2.45, 2.75) is 20.0 Å². The number of halogens is 1. The van der Waals surface area contributed by atoms with Crippen molar-refractivity contribution in [1.82, 2.24) is 4.90 Å². The highest BCUT2D eigenvalue weighted by Gasteiger charge is 2.12. The fraction of sp³-hybridized carbons (Fsp3) is 0.130. The van der Waals surface area contributed by atoms with Crippen molar-refractivity contribution < 1.29 is 9.90 Å². The fourth-order valence-electron chi connectivity index (χ4n) is 2.90. The minimum absolute atomic E-state index is 0.161. The maximum atomic E-state index is 11.0. The summed E-state index contributed by atoms with van der Waals surface area (Å²) in [6.07, 6.45) is 0. The summed E-state index contributed by atoms with van der Waals surface area (Å²) in [7, 11) is 0. The number of nitrogens with zero attached hydrogens (tertiary/aromatic N) is 1. The molecule has 0 saturated carbocycles. The number of benzene rings is 3. The number of nitrogens with one attached hydrogen (secondary N) is 1. The number of hydrogen-bond acceptors (Lipinski definition) is 3. The maximum Gasteiger partial charge on any atom is 0.174 e. The molecule has 0 bridgehead atoms. The van der Waals surface area contributed by atoms with Gasteiger partial charge in [-0.1, -0.05) is 64.5 Å². The van der Waals surface area contributed by atoms with E-state index in [9.17, 15) is 9.90 Å². The molecule has 6 heteroatoms. The second kappa shape index (κ2) is 9.67. The van der Waals surface area contributed by atoms with Crippen LogP contribution in [0.5, 0.6) is 0 Å². The number of aromatic carboxylic acids is 1. The van der Waals surface area contributed by atoms with Crippen LogP contribution in [0.15, 0.2) is 77.3 Å². The molecule has 4 nitrogen and oxygen atoms in total. The van der Waals surface area contributed by atoms with E-state index in [2.05, 4.69) is 26.1 Å². The lowest BCUT2D eigenvalue weighted by molar-refractivity contribution is -0.255. The van der Waals surface area contributed by atoms with Crippen LogP contribution in [0.2, 0.25) is 0 Å². The predicted octanol–water partition coefficient (Wildman–Crippen LogP) is 4.52. The zero-order valence-corrected chi connectivity index (χ0v) is 18.3. The monoisotopic (exact) mass is 467 g/mol. The van der Waals surface area contributed by atoms with E-state index in [4.69, 9.17) is 12.2 Å². The van der Waals surface area contributed by atoms with Gasteiger partial charge in [0, 0.05) is 23.2 Å². The number of carbonyl (C=O) groups excluding carboxylic acids is 1. The average molecular weight is 468 g/mol. The average Bonchev–Trinajstić information content (AvgIpc) is 2.69. The van der Waals surface area contributed by atoms with Crippen LogP contribution in [0.4, 0.5) is 5.69 Å². The summed E-state index contributed by atoms with van der Waals surface area (Å²) in [5.74, 6) is -1.18. The number of carboxylic acid groups (broad SMARTS) is 1. The number of thiocarbonyl (C=S) groups is 1. The molecule has 0 aromatic heterocycles. The quantitative estimate of drug-likeness (QED) is 0.540. The Labute approximate surface area is 184 Å². The summed E-state index contributed by atoms with van der Waals surface area (Å²) in [6, 6.07) is 22.8. The Morgan fingerprint density at radius 3 is 2.14 bits per heavy atom. The molecule has 3 aromatic carbocycles. The van der Waals surface area contributed by atoms with Crippen LogP contribution >= 0.6 is 28.1 Å². The van der Waals surface area contributed by atoms with E-state index >= 15 is 0 Å². The molecule has 0 saturated heterocycles. The van der Waals surface area contributed by atoms with Crippen LogP contribution in [0.3, 0.4) is 0 Å². The highest BCUT2D eigenvalue weighted by Crippen LogP contribution is 2.17. The highest BCUT2D eigenvalue weighted by molar-refractivity contribution is 9.10. The molecule has 3 aromatic rings. The lowest BCUT2D eigenvalue weighted by Crippen LogP contribution is -2.33. The Morgan fingerprint density at radius 2 is 1.59 bits per heavy atom. The molecule has 0 aliphatic heterocycles. The first-order valence-corrected chi connectivity index (χ1v) is 10.3. The molecule has 0 spiro atoms. The van der Waals surface area contributed by atoms with Crippen LogP contribution < -0.4 is 10.4 Å². The van der Waals surface area contributed by atoms with Crippen LogP contribution in [0.1, 0.15) is 27.0 Å². The van der Waals surface area contributed by atoms with E-state index in [1.807, 2.05) is 55.5 Å². The smallest absolute Gasteiger partial charge is 0.174 e. The molecule has 0 radical (unpaired) electrons. The highest BCUT2D eigenvalue weighted by atomic mass is 79.9. The number of anilines is 1. The lowest BCUT2D eigenvalue weighted by Gasteiger charge is -2.26. The largest absolute Gasteiger partial charge is 0.545 e. The Kier molecular flexibility index (Phi) is 7.01. The second-order valence-corrected chi connectivity index (χ2v) is 8.07. The van der Waals surface area contributed by atoms with Crippen molar-refractivity contribution in [1.29, 1.82) is 0 Å². The van der Waals surface area contributed by atoms with Gasteiger partial charge in [0.15, 0.2) is 5.11 Å². The van der Waals surface area contributed by atoms with Crippen molar-refractivity contribution in [2.24, 2.45) is 0 Å². The first kappa shape index (κ1) is 21.0. The third-order valence-electron chi connectivity index (χ3n) is 4.41. The summed E-state index contributed by atoms with van der Waals surface area (Å²) in [5.41, 5.74) is 4.32. The SMILES string of the molecule is Cc1cccc(NC(=S)N(Cc2ccc(Br)cc2)Cc2ccc(C(=O)[O-])cc2)c1. The second-order valence-electron chi connectivity index (χ2n) is 6.77. The number of rotatable bonds is 6. The molecule has 0 fully saturated rings. The minimum Gasteiger partial charge on any atom is -0.545 e. The first-order valence-electron chi connectivity index (χ1n) is 9.08. The maximum absolute atomic E-state index is 11.0. The fourth-order valence-corrected chi connectivity index (χ4v) is 3.41. The van der Waals surface area contributed by atoms with Crippen LogP contribution in [-0.4, -0.2) is 16.0 Å². The third kappa shape index (κ3) is 6.14. The van der Waals surface area contributed by atoms with Gasteiger partial charge in [0.1, 0.15) is 0 Å². The van der Waals surface area contributed by atoms with E-state index in [0.29, 0.717) is 18.2 Å². The van der Waals surface area contributed by atoms with E-state index in [1.54, 1.807) is 24.3 Å². The van der Waals surface area contributed by atoms with Crippen molar-refractivity contribution in [3.8, 4) is 0 Å². The molecule has 0 unspecified atom stereocenters. The van der Waals surface area contributed by atoms with Crippen molar-refractivity contribution in [3.05, 3.63) is 99.5 Å². The first-order chi connectivity index (χ1) is 13.9. The van der Waals surface area contributed by atoms with Gasteiger partial charge in [0.25, 0.3) is 0 Å². The molecule has 3 rings (SSSR count). The zero-order chi connectivity index (χ0) is 20.8. The minimum atomic E-state index is -1.18. The van der Waals surface area contributed by atoms with Gasteiger partial charge in [0.05, 0.1) is 5.97 Å². The summed E-state index contributed by atoms with van der Waals surface area (Å²) >= 11 is 9.15. The third-order valence-corrected chi connectivity index (χ3v) is 5.30. The lowest BCUT2D eigenvalue weighted by atomic mass is 10.1. The van der Waals surface area contributed by atoms with Gasteiger partial charge in [-0.3, -0.25) is 0 Å². The molecular weight excluding hydrogens is 448 g/mol. The standard InChI is InChI=1S/C23H21BrN2O2S/c1-16-3-2-4-21(13-16)25-23(29)26(15-18-7-11-20(24)12-8-18)14-17-5-9-19(10-6-17)22(27)28/h2-13H,14-15H2,1H3,(H,25,29)(H,27,28)/p-1. The Bertz CT molecular complexity index is 1000. The molecule has 0 heterocycles. The molecule has 0 aliphatic carbocycles. The van der Waals surface area contributed by atoms with Crippen molar-refractivity contribution >= 4 is 44.9 Å². The number of hydrogen-bond donors (Lipinski definition) is 1. The van der Waals surface area contributed by atoms with Gasteiger partial charge >= 0.3 is 0 Å². The zero-order valence-electron chi connectivity index (χ0n) is 15.9. The van der Waals surface area contributed by atoms with Crippen molar-refractivity contribution in [2.75, 3.05) is 5.32 Å². The van der Waals surface area contributed by atoms with Gasteiger partial charge in [-0.25, -0.2) is 0 Å². The van der Waals surface area contributed by atoms with Gasteiger partial charge in [-0.15, -0.1) is 0 Å². The Balaban J connectivity index is 1.80. The summed E-state index contributed by atoms with van der Waals surface area (Å²) in [5, 5.41) is 14.9. The van der Waals surface area contributed by atoms with Gasteiger partial charge in [-0.05, 0) is 65.7 Å². The van der Waals surface area contributed by atoms with Crippen LogP contribution in [-0.2, 0) is 13.1 Å². The van der Waals surface area contributed by atoms with Gasteiger partial charge in [-0.2, -0.15) is 0 Å². The molecule has 29 heavy (non-hydrogen) atoms. The summed E-state index contributed by atoms with van der Waals surface area (Å²) in [4.78, 5) is 13.0. The van der Waals surface area contributed by atoms with Gasteiger partial charge in [0.2, 0.25) is 0 Å². The van der Waals surface area contributed by atoms with E-state index in [0.717, 1.165) is 26.9 Å². The summed E-state index contributed by atoms with van der Waals surface area (Å²) < 4.78 is 1.02. The molecule has 0 amide bonds. The topological polar surface area (TPSA) is 55.4 Å². The summed E-state index contributed by atoms with van der Waals surface area (Å²) in [6.45, 7) is 3.20. The number of carboxylic acids is 1. The molecule has 1 N–H and O–H groups in total. The predicted molar refractivity (Wildman–Crippen MR) is 122 cm³/mol. The van der Waals surface area contributed by atoms with Crippen LogP contribution in [0, 0.1) is 6.92 Å². The molecular formula is C23H20BrN2O2S-. The molecule has 0 atom stereocenters. The number of carbonyl (C=O) groups is 1. The number of aryl methyl sites for hydroxylation is 1. The Morgan fingerprint density at radius 1 is 1.00 bits per heavy atom. The van der Waals surface area contributed by atoms with Crippen molar-refractivity contribution in [3.63, 3.8) is 0 Å². The van der Waals surface area contributed by atoms with E-state index in [-0.39, 0.29) is 5.56 Å². The Hall–Kier alpha value is -2.70. The molecule has 0 aliphatic rings. The van der Waals surface area contributed by atoms with E-state index < -0.39 is 5.97 Å². The van der Waals surface area contributed by atoms with Gasteiger partial charge < -0.3 is 20.1 Å².